The molecule has 2 saturated carbocycles. The molecule has 0 spiro atoms. The highest BCUT2D eigenvalue weighted by Gasteiger charge is 2.47. The van der Waals surface area contributed by atoms with Crippen molar-refractivity contribution in [2.24, 2.45) is 11.8 Å². The molecule has 0 amide bonds. The molecule has 0 aromatic carbocycles. The Morgan fingerprint density at radius 1 is 1.08 bits per heavy atom. The van der Waals surface area contributed by atoms with E-state index in [1.165, 1.54) is 38.5 Å². The number of hydrogen-bond donors (Lipinski definition) is 1. The third kappa shape index (κ3) is 1.28. The lowest BCUT2D eigenvalue weighted by Gasteiger charge is -2.33. The summed E-state index contributed by atoms with van der Waals surface area (Å²) < 4.78 is 0. The summed E-state index contributed by atoms with van der Waals surface area (Å²) in [6.45, 7) is 2.15. The van der Waals surface area contributed by atoms with Crippen LogP contribution in [0.3, 0.4) is 0 Å². The zero-order chi connectivity index (χ0) is 8.60. The molecule has 1 atom stereocenters. The molecule has 0 saturated heterocycles. The summed E-state index contributed by atoms with van der Waals surface area (Å²) in [5.74, 6) is 1.29. The first-order valence-electron chi connectivity index (χ1n) is 5.49. The van der Waals surface area contributed by atoms with E-state index in [4.69, 9.17) is 0 Å². The summed E-state index contributed by atoms with van der Waals surface area (Å²) in [5.41, 5.74) is -0.267. The average Bonchev–Trinajstić information content (AvgIpc) is 2.80. The second kappa shape index (κ2) is 3.02. The van der Waals surface area contributed by atoms with E-state index in [9.17, 15) is 5.11 Å². The Bertz CT molecular complexity index is 156. The third-order valence-electron chi connectivity index (χ3n) is 3.91. The lowest BCUT2D eigenvalue weighted by atomic mass is 9.80. The van der Waals surface area contributed by atoms with Gasteiger partial charge in [-0.05, 0) is 43.9 Å². The van der Waals surface area contributed by atoms with E-state index in [0.29, 0.717) is 11.8 Å². The smallest absolute Gasteiger partial charge is 0.0701 e. The Morgan fingerprint density at radius 2 is 1.58 bits per heavy atom. The van der Waals surface area contributed by atoms with Crippen LogP contribution in [0.4, 0.5) is 0 Å². The Morgan fingerprint density at radius 3 is 2.00 bits per heavy atom. The fraction of sp³-hybridized carbons (Fsp3) is 1.00. The molecule has 1 heteroatoms. The van der Waals surface area contributed by atoms with Crippen LogP contribution in [0.5, 0.6) is 0 Å². The van der Waals surface area contributed by atoms with Gasteiger partial charge in [-0.15, -0.1) is 0 Å². The Hall–Kier alpha value is -0.0400. The summed E-state index contributed by atoms with van der Waals surface area (Å²) in [7, 11) is 0. The molecule has 0 bridgehead atoms. The van der Waals surface area contributed by atoms with Gasteiger partial charge in [-0.25, -0.2) is 0 Å². The van der Waals surface area contributed by atoms with Gasteiger partial charge in [0.15, 0.2) is 0 Å². The highest BCUT2D eigenvalue weighted by molar-refractivity contribution is 4.99. The minimum atomic E-state index is -0.267. The molecule has 0 radical (unpaired) electrons. The van der Waals surface area contributed by atoms with Gasteiger partial charge in [-0.3, -0.25) is 0 Å². The van der Waals surface area contributed by atoms with Crippen LogP contribution < -0.4 is 0 Å². The monoisotopic (exact) mass is 168 g/mol. The van der Waals surface area contributed by atoms with Crippen LogP contribution in [0, 0.1) is 11.8 Å². The van der Waals surface area contributed by atoms with E-state index in [1.54, 1.807) is 0 Å². The average molecular weight is 168 g/mol. The van der Waals surface area contributed by atoms with Crippen molar-refractivity contribution in [3.05, 3.63) is 0 Å². The van der Waals surface area contributed by atoms with E-state index in [1.807, 2.05) is 0 Å². The van der Waals surface area contributed by atoms with Gasteiger partial charge < -0.3 is 5.11 Å². The van der Waals surface area contributed by atoms with Crippen molar-refractivity contribution in [3.63, 3.8) is 0 Å². The van der Waals surface area contributed by atoms with Crippen molar-refractivity contribution in [1.29, 1.82) is 0 Å². The molecule has 1 unspecified atom stereocenters. The first-order valence-corrected chi connectivity index (χ1v) is 5.49. The fourth-order valence-corrected chi connectivity index (χ4v) is 2.92. The lowest BCUT2D eigenvalue weighted by molar-refractivity contribution is -0.0404. The van der Waals surface area contributed by atoms with Crippen molar-refractivity contribution in [3.8, 4) is 0 Å². The van der Waals surface area contributed by atoms with Gasteiger partial charge in [0, 0.05) is 0 Å². The standard InChI is InChI=1S/C11H20O/c1-2-11(12,10-7-8-10)9-5-3-4-6-9/h9-10,12H,2-8H2,1H3. The Labute approximate surface area is 75.2 Å². The van der Waals surface area contributed by atoms with Gasteiger partial charge in [0.1, 0.15) is 0 Å². The van der Waals surface area contributed by atoms with Crippen LogP contribution in [0.1, 0.15) is 51.9 Å². The third-order valence-corrected chi connectivity index (χ3v) is 3.91. The van der Waals surface area contributed by atoms with Crippen LogP contribution in [-0.2, 0) is 0 Å². The number of hydrogen-bond acceptors (Lipinski definition) is 1. The van der Waals surface area contributed by atoms with E-state index in [-0.39, 0.29) is 5.60 Å². The second-order valence-corrected chi connectivity index (χ2v) is 4.60. The minimum absolute atomic E-state index is 0.267. The van der Waals surface area contributed by atoms with E-state index in [0.717, 1.165) is 6.42 Å². The topological polar surface area (TPSA) is 20.2 Å². The van der Waals surface area contributed by atoms with Gasteiger partial charge in [0.25, 0.3) is 0 Å². The molecule has 2 fully saturated rings. The molecule has 0 heterocycles. The molecular weight excluding hydrogens is 148 g/mol. The summed E-state index contributed by atoms with van der Waals surface area (Å²) in [6, 6.07) is 0. The maximum Gasteiger partial charge on any atom is 0.0701 e. The van der Waals surface area contributed by atoms with Crippen LogP contribution in [0.15, 0.2) is 0 Å². The minimum Gasteiger partial charge on any atom is -0.389 e. The van der Waals surface area contributed by atoms with E-state index >= 15 is 0 Å². The molecule has 70 valence electrons. The van der Waals surface area contributed by atoms with Crippen molar-refractivity contribution >= 4 is 0 Å². The molecule has 1 nitrogen and oxygen atoms in total. The Balaban J connectivity index is 2.03. The normalized spacial score (nSPS) is 30.5. The van der Waals surface area contributed by atoms with Gasteiger partial charge >= 0.3 is 0 Å². The van der Waals surface area contributed by atoms with Crippen molar-refractivity contribution in [2.75, 3.05) is 0 Å². The SMILES string of the molecule is CCC(O)(C1CCCC1)C1CC1. The van der Waals surface area contributed by atoms with Crippen molar-refractivity contribution in [1.82, 2.24) is 0 Å². The maximum atomic E-state index is 10.5. The van der Waals surface area contributed by atoms with Crippen molar-refractivity contribution < 1.29 is 5.11 Å². The molecular formula is C11H20O. The predicted octanol–water partition coefficient (Wildman–Crippen LogP) is 2.73. The molecule has 0 aliphatic heterocycles. The summed E-state index contributed by atoms with van der Waals surface area (Å²) in [6.07, 6.45) is 8.78. The summed E-state index contributed by atoms with van der Waals surface area (Å²) >= 11 is 0. The molecule has 0 aromatic heterocycles. The number of aliphatic hydroxyl groups is 1. The van der Waals surface area contributed by atoms with Crippen LogP contribution >= 0.6 is 0 Å². The first kappa shape index (κ1) is 8.55. The zero-order valence-electron chi connectivity index (χ0n) is 8.05. The van der Waals surface area contributed by atoms with E-state index < -0.39 is 0 Å². The van der Waals surface area contributed by atoms with Crippen LogP contribution in [0.25, 0.3) is 0 Å². The Kier molecular flexibility index (Phi) is 2.16. The van der Waals surface area contributed by atoms with Gasteiger partial charge in [-0.1, -0.05) is 19.8 Å². The van der Waals surface area contributed by atoms with E-state index in [2.05, 4.69) is 6.92 Å². The molecule has 1 N–H and O–H groups in total. The van der Waals surface area contributed by atoms with Crippen LogP contribution in [0.2, 0.25) is 0 Å². The van der Waals surface area contributed by atoms with Gasteiger partial charge in [0.05, 0.1) is 5.60 Å². The van der Waals surface area contributed by atoms with Crippen molar-refractivity contribution in [2.45, 2.75) is 57.5 Å². The zero-order valence-corrected chi connectivity index (χ0v) is 8.05. The second-order valence-electron chi connectivity index (χ2n) is 4.60. The van der Waals surface area contributed by atoms with Gasteiger partial charge in [0.2, 0.25) is 0 Å². The quantitative estimate of drug-likeness (QED) is 0.687. The molecule has 0 aromatic rings. The van der Waals surface area contributed by atoms with Gasteiger partial charge in [-0.2, -0.15) is 0 Å². The van der Waals surface area contributed by atoms with Crippen LogP contribution in [-0.4, -0.2) is 10.7 Å². The molecule has 2 aliphatic rings. The highest BCUT2D eigenvalue weighted by atomic mass is 16.3. The lowest BCUT2D eigenvalue weighted by Crippen LogP contribution is -2.38. The maximum absolute atomic E-state index is 10.5. The fourth-order valence-electron chi connectivity index (χ4n) is 2.92. The largest absolute Gasteiger partial charge is 0.389 e. The predicted molar refractivity (Wildman–Crippen MR) is 49.9 cm³/mol. The summed E-state index contributed by atoms with van der Waals surface area (Å²) in [4.78, 5) is 0. The highest BCUT2D eigenvalue weighted by Crippen LogP contribution is 2.49. The summed E-state index contributed by atoms with van der Waals surface area (Å²) in [5, 5.41) is 10.5. The first-order chi connectivity index (χ1) is 5.77. The molecule has 12 heavy (non-hydrogen) atoms. The number of rotatable bonds is 3. The molecule has 2 aliphatic carbocycles. The molecule has 2 rings (SSSR count).